The summed E-state index contributed by atoms with van der Waals surface area (Å²) in [6.45, 7) is 5.16. The molecule has 0 spiro atoms. The highest BCUT2D eigenvalue weighted by atomic mass is 19.1. The van der Waals surface area contributed by atoms with E-state index >= 15 is 0 Å². The average Bonchev–Trinajstić information content (AvgIpc) is 2.51. The fourth-order valence-corrected chi connectivity index (χ4v) is 2.00. The molecule has 0 bridgehead atoms. The van der Waals surface area contributed by atoms with Gasteiger partial charge in [0.1, 0.15) is 11.6 Å². The lowest BCUT2D eigenvalue weighted by Crippen LogP contribution is -2.47. The molecule has 4 N–H and O–H groups in total. The van der Waals surface area contributed by atoms with E-state index in [1.165, 1.54) is 25.3 Å². The summed E-state index contributed by atoms with van der Waals surface area (Å²) in [6.07, 6.45) is 0. The average molecular weight is 325 g/mol. The van der Waals surface area contributed by atoms with Crippen molar-refractivity contribution in [1.82, 2.24) is 10.6 Å². The molecule has 7 heteroatoms. The van der Waals surface area contributed by atoms with E-state index < -0.39 is 23.8 Å². The number of hydrogen-bond acceptors (Lipinski definition) is 4. The molecule has 0 saturated heterocycles. The minimum atomic E-state index is -0.663. The third kappa shape index (κ3) is 5.52. The van der Waals surface area contributed by atoms with Crippen LogP contribution in [0.25, 0.3) is 0 Å². The largest absolute Gasteiger partial charge is 0.496 e. The van der Waals surface area contributed by atoms with E-state index in [9.17, 15) is 14.0 Å². The van der Waals surface area contributed by atoms with Crippen molar-refractivity contribution in [3.05, 3.63) is 29.6 Å². The van der Waals surface area contributed by atoms with Crippen LogP contribution in [-0.4, -0.2) is 31.5 Å². The van der Waals surface area contributed by atoms with Gasteiger partial charge >= 0.3 is 0 Å². The van der Waals surface area contributed by atoms with Crippen molar-refractivity contribution in [1.29, 1.82) is 0 Å². The highest BCUT2D eigenvalue weighted by molar-refractivity contribution is 5.87. The van der Waals surface area contributed by atoms with Gasteiger partial charge in [-0.1, -0.05) is 13.8 Å². The molecule has 0 aromatic heterocycles. The van der Waals surface area contributed by atoms with Crippen LogP contribution in [0.3, 0.4) is 0 Å². The SMILES string of the molecule is COc1ccc(F)cc1C(C)NC(=O)CNC(=O)[C@@H](N)C(C)C. The summed E-state index contributed by atoms with van der Waals surface area (Å²) in [4.78, 5) is 23.6. The molecular formula is C16H24FN3O3. The molecule has 0 saturated carbocycles. The van der Waals surface area contributed by atoms with E-state index in [-0.39, 0.29) is 18.4 Å². The van der Waals surface area contributed by atoms with E-state index in [1.807, 2.05) is 13.8 Å². The van der Waals surface area contributed by atoms with Crippen LogP contribution in [0, 0.1) is 11.7 Å². The van der Waals surface area contributed by atoms with Gasteiger partial charge < -0.3 is 21.1 Å². The summed E-state index contributed by atoms with van der Waals surface area (Å²) in [5.74, 6) is -0.740. The van der Waals surface area contributed by atoms with Gasteiger partial charge in [0.25, 0.3) is 0 Å². The molecule has 0 aliphatic carbocycles. The summed E-state index contributed by atoms with van der Waals surface area (Å²) in [7, 11) is 1.47. The second kappa shape index (κ2) is 8.47. The molecule has 2 amide bonds. The lowest BCUT2D eigenvalue weighted by atomic mass is 10.1. The van der Waals surface area contributed by atoms with Crippen LogP contribution in [0.1, 0.15) is 32.4 Å². The first-order valence-electron chi connectivity index (χ1n) is 7.42. The monoisotopic (exact) mass is 325 g/mol. The van der Waals surface area contributed by atoms with Crippen LogP contribution in [0.5, 0.6) is 5.75 Å². The van der Waals surface area contributed by atoms with Crippen LogP contribution in [0.4, 0.5) is 4.39 Å². The molecule has 0 fully saturated rings. The van der Waals surface area contributed by atoms with Crippen molar-refractivity contribution < 1.29 is 18.7 Å². The van der Waals surface area contributed by atoms with E-state index in [0.717, 1.165) is 0 Å². The van der Waals surface area contributed by atoms with Crippen molar-refractivity contribution in [2.24, 2.45) is 11.7 Å². The predicted octanol–water partition coefficient (Wildman–Crippen LogP) is 1.11. The Bertz CT molecular complexity index is 564. The normalized spacial score (nSPS) is 13.3. The topological polar surface area (TPSA) is 93.5 Å². The summed E-state index contributed by atoms with van der Waals surface area (Å²) in [5.41, 5.74) is 6.21. The first kappa shape index (κ1) is 18.9. The molecule has 23 heavy (non-hydrogen) atoms. The number of amides is 2. The van der Waals surface area contributed by atoms with Crippen LogP contribution in [0.15, 0.2) is 18.2 Å². The minimum absolute atomic E-state index is 0.0199. The quantitative estimate of drug-likeness (QED) is 0.700. The highest BCUT2D eigenvalue weighted by Gasteiger charge is 2.19. The zero-order chi connectivity index (χ0) is 17.6. The molecule has 0 radical (unpaired) electrons. The molecule has 128 valence electrons. The summed E-state index contributed by atoms with van der Waals surface area (Å²) < 4.78 is 18.5. The molecule has 1 aromatic rings. The van der Waals surface area contributed by atoms with Crippen LogP contribution < -0.4 is 21.1 Å². The molecule has 2 atom stereocenters. The molecule has 0 heterocycles. The smallest absolute Gasteiger partial charge is 0.239 e. The molecule has 0 aliphatic rings. The Morgan fingerprint density at radius 1 is 1.30 bits per heavy atom. The predicted molar refractivity (Wildman–Crippen MR) is 85.3 cm³/mol. The van der Waals surface area contributed by atoms with Crippen LogP contribution >= 0.6 is 0 Å². The Kier molecular flexibility index (Phi) is 6.96. The minimum Gasteiger partial charge on any atom is -0.496 e. The fraction of sp³-hybridized carbons (Fsp3) is 0.500. The zero-order valence-electron chi connectivity index (χ0n) is 13.9. The van der Waals surface area contributed by atoms with Gasteiger partial charge in [-0.05, 0) is 31.0 Å². The van der Waals surface area contributed by atoms with Gasteiger partial charge in [-0.25, -0.2) is 4.39 Å². The number of halogens is 1. The Labute approximate surface area is 135 Å². The van der Waals surface area contributed by atoms with Gasteiger partial charge in [0.05, 0.1) is 25.7 Å². The third-order valence-corrected chi connectivity index (χ3v) is 3.48. The molecule has 6 nitrogen and oxygen atoms in total. The summed E-state index contributed by atoms with van der Waals surface area (Å²) in [6, 6.07) is 2.95. The first-order valence-corrected chi connectivity index (χ1v) is 7.42. The number of hydrogen-bond donors (Lipinski definition) is 3. The number of nitrogens with two attached hydrogens (primary N) is 1. The van der Waals surface area contributed by atoms with Crippen LogP contribution in [0.2, 0.25) is 0 Å². The van der Waals surface area contributed by atoms with Gasteiger partial charge in [-0.2, -0.15) is 0 Å². The Balaban J connectivity index is 2.61. The fourth-order valence-electron chi connectivity index (χ4n) is 2.00. The zero-order valence-corrected chi connectivity index (χ0v) is 13.9. The highest BCUT2D eigenvalue weighted by Crippen LogP contribution is 2.25. The number of methoxy groups -OCH3 is 1. The molecule has 1 aromatic carbocycles. The van der Waals surface area contributed by atoms with Gasteiger partial charge in [0.15, 0.2) is 0 Å². The van der Waals surface area contributed by atoms with Crippen LogP contribution in [-0.2, 0) is 9.59 Å². The Morgan fingerprint density at radius 3 is 2.52 bits per heavy atom. The molecule has 0 aliphatic heterocycles. The standard InChI is InChI=1S/C16H24FN3O3/c1-9(2)15(18)16(22)19-8-14(21)20-10(3)12-7-11(17)5-6-13(12)23-4/h5-7,9-10,15H,8,18H2,1-4H3,(H,19,22)(H,20,21)/t10?,15-/m0/s1. The van der Waals surface area contributed by atoms with E-state index in [4.69, 9.17) is 10.5 Å². The van der Waals surface area contributed by atoms with Gasteiger partial charge in [0.2, 0.25) is 11.8 Å². The second-order valence-corrected chi connectivity index (χ2v) is 5.66. The number of nitrogens with one attached hydrogen (secondary N) is 2. The maximum atomic E-state index is 13.4. The van der Waals surface area contributed by atoms with E-state index in [2.05, 4.69) is 10.6 Å². The molecule has 1 rings (SSSR count). The van der Waals surface area contributed by atoms with E-state index in [1.54, 1.807) is 6.92 Å². The number of ether oxygens (including phenoxy) is 1. The first-order chi connectivity index (χ1) is 10.8. The molecule has 1 unspecified atom stereocenters. The number of rotatable bonds is 7. The van der Waals surface area contributed by atoms with Gasteiger partial charge in [-0.15, -0.1) is 0 Å². The number of carbonyl (C=O) groups is 2. The number of benzene rings is 1. The summed E-state index contributed by atoms with van der Waals surface area (Å²) in [5, 5.41) is 5.16. The van der Waals surface area contributed by atoms with E-state index in [0.29, 0.717) is 11.3 Å². The molecular weight excluding hydrogens is 301 g/mol. The Hall–Kier alpha value is -2.15. The van der Waals surface area contributed by atoms with Gasteiger partial charge in [-0.3, -0.25) is 9.59 Å². The Morgan fingerprint density at radius 2 is 1.96 bits per heavy atom. The maximum Gasteiger partial charge on any atom is 0.239 e. The number of carbonyl (C=O) groups excluding carboxylic acids is 2. The maximum absolute atomic E-state index is 13.4. The van der Waals surface area contributed by atoms with Crippen molar-refractivity contribution in [2.75, 3.05) is 13.7 Å². The van der Waals surface area contributed by atoms with Crippen molar-refractivity contribution in [2.45, 2.75) is 32.9 Å². The second-order valence-electron chi connectivity index (χ2n) is 5.66. The summed E-state index contributed by atoms with van der Waals surface area (Å²) >= 11 is 0. The van der Waals surface area contributed by atoms with Gasteiger partial charge in [0, 0.05) is 5.56 Å². The lowest BCUT2D eigenvalue weighted by Gasteiger charge is -2.19. The lowest BCUT2D eigenvalue weighted by molar-refractivity contribution is -0.127. The third-order valence-electron chi connectivity index (χ3n) is 3.48. The van der Waals surface area contributed by atoms with Crippen molar-refractivity contribution >= 4 is 11.8 Å². The van der Waals surface area contributed by atoms with Crippen molar-refractivity contribution in [3.63, 3.8) is 0 Å². The van der Waals surface area contributed by atoms with Crippen molar-refractivity contribution in [3.8, 4) is 5.75 Å².